The Morgan fingerprint density at radius 3 is 2.53 bits per heavy atom. The molecular weight excluding hydrogens is 566 g/mol. The molecule has 1 fully saturated rings. The Morgan fingerprint density at radius 1 is 1.09 bits per heavy atom. The van der Waals surface area contributed by atoms with E-state index in [2.05, 4.69) is 4.74 Å². The number of ether oxygens (including phenoxy) is 7. The summed E-state index contributed by atoms with van der Waals surface area (Å²) in [6, 6.07) is 11.1. The predicted molar refractivity (Wildman–Crippen MR) is 152 cm³/mol. The first-order chi connectivity index (χ1) is 20.5. The van der Waals surface area contributed by atoms with Crippen LogP contribution in [0.25, 0.3) is 6.08 Å². The lowest BCUT2D eigenvalue weighted by Gasteiger charge is -2.25. The topological polar surface area (TPSA) is 98.8 Å². The minimum Gasteiger partial charge on any atom is -0.466 e. The van der Waals surface area contributed by atoms with E-state index in [4.69, 9.17) is 28.4 Å². The molecule has 0 aliphatic carbocycles. The largest absolute Gasteiger partial charge is 0.466 e. The zero-order chi connectivity index (χ0) is 31.1. The van der Waals surface area contributed by atoms with Gasteiger partial charge in [0.2, 0.25) is 0 Å². The number of fused-ring (bicyclic) bond motifs is 2. The minimum absolute atomic E-state index is 0.0187. The molecule has 2 aliphatic rings. The second-order valence-corrected chi connectivity index (χ2v) is 10.7. The number of methoxy groups -OCH3 is 1. The lowest BCUT2D eigenvalue weighted by molar-refractivity contribution is -0.152. The fourth-order valence-corrected chi connectivity index (χ4v) is 4.78. The van der Waals surface area contributed by atoms with Gasteiger partial charge >= 0.3 is 18.6 Å². The summed E-state index contributed by atoms with van der Waals surface area (Å²) in [6.45, 7) is 3.73. The third kappa shape index (κ3) is 8.40. The quantitative estimate of drug-likeness (QED) is 0.209. The average Bonchev–Trinajstić information content (AvgIpc) is 3.27. The molecule has 0 amide bonds. The number of rotatable bonds is 7. The van der Waals surface area contributed by atoms with Crippen LogP contribution in [0, 0.1) is 5.92 Å². The number of benzene rings is 2. The van der Waals surface area contributed by atoms with Gasteiger partial charge < -0.3 is 33.2 Å². The summed E-state index contributed by atoms with van der Waals surface area (Å²) < 4.78 is 65.6. The van der Waals surface area contributed by atoms with Crippen LogP contribution in [0.15, 0.2) is 60.7 Å². The molecule has 0 bridgehead atoms. The maximum absolute atomic E-state index is 13.5. The van der Waals surface area contributed by atoms with Gasteiger partial charge in [0, 0.05) is 19.1 Å². The highest BCUT2D eigenvalue weighted by Crippen LogP contribution is 2.36. The average molecular weight is 603 g/mol. The Bertz CT molecular complexity index is 1330. The summed E-state index contributed by atoms with van der Waals surface area (Å²) in [7, 11) is 1.39. The summed E-state index contributed by atoms with van der Waals surface area (Å²) in [5, 5.41) is 0. The molecule has 0 spiro atoms. The van der Waals surface area contributed by atoms with Gasteiger partial charge in [0.25, 0.3) is 0 Å². The van der Waals surface area contributed by atoms with E-state index in [0.29, 0.717) is 5.56 Å². The van der Waals surface area contributed by atoms with Crippen molar-refractivity contribution < 1.29 is 51.5 Å². The first kappa shape index (κ1) is 32.1. The van der Waals surface area contributed by atoms with Crippen molar-refractivity contribution in [2.24, 2.45) is 5.92 Å². The SMILES string of the molecule is COCOc1cc(OC(F)F)cc2c1C(=O)O[C@@H](C)[C@H](C)C=CC(OC(=O)c1ccccc1)[C@H]1OC(C)(C)O[C@H]1CC=C2. The molecule has 2 heterocycles. The molecule has 2 aliphatic heterocycles. The Labute approximate surface area is 249 Å². The van der Waals surface area contributed by atoms with Crippen molar-refractivity contribution in [1.29, 1.82) is 0 Å². The number of halogens is 2. The second-order valence-electron chi connectivity index (χ2n) is 10.7. The van der Waals surface area contributed by atoms with Crippen LogP contribution >= 0.6 is 0 Å². The van der Waals surface area contributed by atoms with Crippen LogP contribution < -0.4 is 9.47 Å². The third-order valence-corrected chi connectivity index (χ3v) is 6.97. The predicted octanol–water partition coefficient (Wildman–Crippen LogP) is 6.17. The molecule has 43 heavy (non-hydrogen) atoms. The number of esters is 2. The summed E-state index contributed by atoms with van der Waals surface area (Å²) in [5.74, 6) is -2.84. The summed E-state index contributed by atoms with van der Waals surface area (Å²) in [4.78, 5) is 26.5. The smallest absolute Gasteiger partial charge is 0.387 e. The van der Waals surface area contributed by atoms with E-state index in [1.807, 2.05) is 6.92 Å². The number of cyclic esters (lactones) is 1. The van der Waals surface area contributed by atoms with E-state index in [9.17, 15) is 18.4 Å². The number of hydrogen-bond acceptors (Lipinski definition) is 9. The van der Waals surface area contributed by atoms with E-state index >= 15 is 0 Å². The molecular formula is C32H36F2O9. The molecule has 0 aromatic heterocycles. The molecule has 11 heteroatoms. The molecule has 4 rings (SSSR count). The van der Waals surface area contributed by atoms with Crippen LogP contribution in [0.5, 0.6) is 11.5 Å². The van der Waals surface area contributed by atoms with Crippen LogP contribution in [-0.4, -0.2) is 62.7 Å². The number of hydrogen-bond donors (Lipinski definition) is 0. The Kier molecular flexibility index (Phi) is 10.5. The van der Waals surface area contributed by atoms with Gasteiger partial charge in [-0.1, -0.05) is 43.4 Å². The lowest BCUT2D eigenvalue weighted by Crippen LogP contribution is -2.37. The van der Waals surface area contributed by atoms with Gasteiger partial charge in [0.05, 0.1) is 11.7 Å². The van der Waals surface area contributed by atoms with Crippen LogP contribution in [0.1, 0.15) is 60.4 Å². The Morgan fingerprint density at radius 2 is 1.84 bits per heavy atom. The van der Waals surface area contributed by atoms with E-state index in [-0.39, 0.29) is 41.8 Å². The highest BCUT2D eigenvalue weighted by Gasteiger charge is 2.45. The molecule has 2 aromatic carbocycles. The van der Waals surface area contributed by atoms with Crippen molar-refractivity contribution in [2.45, 2.75) is 70.9 Å². The lowest BCUT2D eigenvalue weighted by atomic mass is 9.98. The molecule has 1 saturated heterocycles. The Balaban J connectivity index is 1.75. The molecule has 9 nitrogen and oxygen atoms in total. The first-order valence-corrected chi connectivity index (χ1v) is 13.9. The van der Waals surface area contributed by atoms with Gasteiger partial charge in [-0.3, -0.25) is 0 Å². The zero-order valence-electron chi connectivity index (χ0n) is 24.7. The van der Waals surface area contributed by atoms with E-state index in [0.717, 1.165) is 0 Å². The molecule has 0 N–H and O–H groups in total. The third-order valence-electron chi connectivity index (χ3n) is 6.97. The van der Waals surface area contributed by atoms with Crippen molar-refractivity contribution >= 4 is 18.0 Å². The minimum atomic E-state index is -3.10. The van der Waals surface area contributed by atoms with Crippen LogP contribution in [0.3, 0.4) is 0 Å². The van der Waals surface area contributed by atoms with Gasteiger partial charge in [0.15, 0.2) is 12.6 Å². The monoisotopic (exact) mass is 602 g/mol. The van der Waals surface area contributed by atoms with Gasteiger partial charge in [-0.15, -0.1) is 0 Å². The van der Waals surface area contributed by atoms with Crippen LogP contribution in [-0.2, 0) is 23.7 Å². The standard InChI is InChI=1S/C32H36F2O9/c1-19-14-15-24(41-29(35)21-10-7-6-8-11-21)28-25(42-32(3,4)43-28)13-9-12-22-16-23(40-31(33)34)17-26(38-18-37-5)27(22)30(36)39-20(19)2/h6-12,14-17,19-20,24-25,28,31H,13,18H2,1-5H3/t19-,20+,24?,25+,28-/m1/s1. The highest BCUT2D eigenvalue weighted by molar-refractivity contribution is 5.97. The highest BCUT2D eigenvalue weighted by atomic mass is 19.3. The van der Waals surface area contributed by atoms with Crippen molar-refractivity contribution in [3.05, 3.63) is 77.4 Å². The van der Waals surface area contributed by atoms with Gasteiger partial charge in [-0.25, -0.2) is 9.59 Å². The summed E-state index contributed by atoms with van der Waals surface area (Å²) in [5.41, 5.74) is 0.624. The zero-order valence-corrected chi connectivity index (χ0v) is 24.7. The van der Waals surface area contributed by atoms with Crippen molar-refractivity contribution in [2.75, 3.05) is 13.9 Å². The summed E-state index contributed by atoms with van der Waals surface area (Å²) >= 11 is 0. The molecule has 2 aromatic rings. The number of carbonyl (C=O) groups is 2. The molecule has 1 unspecified atom stereocenters. The molecule has 5 atom stereocenters. The van der Waals surface area contributed by atoms with E-state index < -0.39 is 48.8 Å². The van der Waals surface area contributed by atoms with Crippen molar-refractivity contribution in [3.8, 4) is 11.5 Å². The van der Waals surface area contributed by atoms with Gasteiger partial charge in [-0.2, -0.15) is 8.78 Å². The maximum Gasteiger partial charge on any atom is 0.387 e. The number of carbonyl (C=O) groups excluding carboxylic acids is 2. The fraction of sp³-hybridized carbons (Fsp3) is 0.438. The van der Waals surface area contributed by atoms with Crippen molar-refractivity contribution in [3.63, 3.8) is 0 Å². The number of alkyl halides is 2. The second kappa shape index (κ2) is 14.1. The van der Waals surface area contributed by atoms with Crippen LogP contribution in [0.2, 0.25) is 0 Å². The maximum atomic E-state index is 13.5. The Hall–Kier alpha value is -3.80. The molecule has 232 valence electrons. The first-order valence-electron chi connectivity index (χ1n) is 13.9. The van der Waals surface area contributed by atoms with Gasteiger partial charge in [0.1, 0.15) is 35.4 Å². The van der Waals surface area contributed by atoms with Gasteiger partial charge in [-0.05, 0) is 57.0 Å². The molecule has 0 radical (unpaired) electrons. The van der Waals surface area contributed by atoms with Crippen LogP contribution in [0.4, 0.5) is 8.78 Å². The molecule has 0 saturated carbocycles. The summed E-state index contributed by atoms with van der Waals surface area (Å²) in [6.07, 6.45) is 4.31. The van der Waals surface area contributed by atoms with E-state index in [1.165, 1.54) is 19.2 Å². The van der Waals surface area contributed by atoms with E-state index in [1.54, 1.807) is 75.4 Å². The fourth-order valence-electron chi connectivity index (χ4n) is 4.78. The van der Waals surface area contributed by atoms with Crippen molar-refractivity contribution in [1.82, 2.24) is 0 Å². The normalized spacial score (nSPS) is 25.3.